The number of aryl methyl sites for hydroxylation is 1. The van der Waals surface area contributed by atoms with E-state index in [0.29, 0.717) is 10.5 Å². The van der Waals surface area contributed by atoms with Gasteiger partial charge in [-0.05, 0) is 18.6 Å². The molecule has 21 heavy (non-hydrogen) atoms. The number of hydrogen-bond donors (Lipinski definition) is 2. The molecule has 0 aliphatic rings. The first kappa shape index (κ1) is 13.8. The fraction of sp³-hybridized carbons (Fsp3) is 0.0833. The summed E-state index contributed by atoms with van der Waals surface area (Å²) >= 11 is 1.26. The number of fused-ring (bicyclic) bond motifs is 1. The summed E-state index contributed by atoms with van der Waals surface area (Å²) in [6.45, 7) is 1.61. The molecule has 2 heterocycles. The lowest BCUT2D eigenvalue weighted by molar-refractivity contribution is 0.594. The molecule has 0 atom stereocenters. The van der Waals surface area contributed by atoms with E-state index in [2.05, 4.69) is 9.71 Å². The summed E-state index contributed by atoms with van der Waals surface area (Å²) in [6, 6.07) is 4.30. The van der Waals surface area contributed by atoms with Crippen LogP contribution in [0.3, 0.4) is 0 Å². The zero-order chi connectivity index (χ0) is 15.2. The average molecular weight is 326 g/mol. The molecular formula is C12H11FN4O2S2. The molecule has 0 saturated heterocycles. The molecule has 2 aromatic heterocycles. The molecule has 6 nitrogen and oxygen atoms in total. The average Bonchev–Trinajstić information content (AvgIpc) is 2.93. The van der Waals surface area contributed by atoms with Crippen LogP contribution in [0.4, 0.5) is 15.9 Å². The van der Waals surface area contributed by atoms with Gasteiger partial charge in [0.25, 0.3) is 10.0 Å². The van der Waals surface area contributed by atoms with Crippen LogP contribution >= 0.6 is 11.3 Å². The highest BCUT2D eigenvalue weighted by Gasteiger charge is 2.26. The monoisotopic (exact) mass is 326 g/mol. The number of benzene rings is 1. The number of para-hydroxylation sites is 1. The molecule has 0 spiro atoms. The molecule has 1 aromatic carbocycles. The second kappa shape index (κ2) is 4.71. The number of nitrogens with two attached hydrogens (primary N) is 1. The van der Waals surface area contributed by atoms with Gasteiger partial charge in [0.15, 0.2) is 10.8 Å². The van der Waals surface area contributed by atoms with E-state index in [-0.39, 0.29) is 16.5 Å². The number of halogens is 1. The molecule has 110 valence electrons. The number of thiazole rings is 1. The summed E-state index contributed by atoms with van der Waals surface area (Å²) in [5.74, 6) is -0.772. The maximum Gasteiger partial charge on any atom is 0.281 e. The Labute approximate surface area is 124 Å². The van der Waals surface area contributed by atoms with Crippen LogP contribution in [0.5, 0.6) is 0 Å². The third-order valence-electron chi connectivity index (χ3n) is 2.96. The molecule has 0 amide bonds. The number of aromatic nitrogens is 2. The molecule has 3 N–H and O–H groups in total. The first-order valence-corrected chi connectivity index (χ1v) is 8.25. The van der Waals surface area contributed by atoms with Crippen molar-refractivity contribution in [1.82, 2.24) is 9.38 Å². The number of nitrogens with one attached hydrogen (secondary N) is 1. The van der Waals surface area contributed by atoms with Crippen molar-refractivity contribution >= 4 is 37.8 Å². The van der Waals surface area contributed by atoms with Crippen molar-refractivity contribution in [2.24, 2.45) is 0 Å². The molecule has 9 heteroatoms. The van der Waals surface area contributed by atoms with Crippen molar-refractivity contribution in [3.05, 3.63) is 41.2 Å². The summed E-state index contributed by atoms with van der Waals surface area (Å²) in [5.41, 5.74) is 6.06. The van der Waals surface area contributed by atoms with E-state index in [4.69, 9.17) is 5.73 Å². The number of rotatable bonds is 3. The number of anilines is 2. The number of hydrogen-bond acceptors (Lipinski definition) is 5. The Morgan fingerprint density at radius 3 is 2.90 bits per heavy atom. The smallest absolute Gasteiger partial charge is 0.281 e. The molecule has 0 bridgehead atoms. The first-order valence-electron chi connectivity index (χ1n) is 5.89. The largest absolute Gasteiger partial charge is 0.381 e. The molecule has 0 saturated carbocycles. The van der Waals surface area contributed by atoms with Crippen molar-refractivity contribution in [2.75, 3.05) is 10.5 Å². The minimum absolute atomic E-state index is 0.0953. The fourth-order valence-corrected chi connectivity index (χ4v) is 4.12. The van der Waals surface area contributed by atoms with Gasteiger partial charge < -0.3 is 5.73 Å². The highest BCUT2D eigenvalue weighted by atomic mass is 32.2. The minimum Gasteiger partial charge on any atom is -0.381 e. The van der Waals surface area contributed by atoms with Gasteiger partial charge in [-0.25, -0.2) is 9.37 Å². The third kappa shape index (κ3) is 2.24. The van der Waals surface area contributed by atoms with Crippen molar-refractivity contribution < 1.29 is 12.8 Å². The van der Waals surface area contributed by atoms with Crippen LogP contribution in [0.1, 0.15) is 5.56 Å². The van der Waals surface area contributed by atoms with Crippen molar-refractivity contribution in [3.8, 4) is 0 Å². The maximum atomic E-state index is 13.8. The van der Waals surface area contributed by atoms with Gasteiger partial charge in [-0.2, -0.15) is 8.42 Å². The zero-order valence-corrected chi connectivity index (χ0v) is 12.5. The molecule has 0 fully saturated rings. The summed E-state index contributed by atoms with van der Waals surface area (Å²) in [6.07, 6.45) is 1.55. The molecule has 3 aromatic rings. The molecule has 3 rings (SSSR count). The van der Waals surface area contributed by atoms with Crippen LogP contribution in [0, 0.1) is 12.7 Å². The Kier molecular flexibility index (Phi) is 3.10. The van der Waals surface area contributed by atoms with Gasteiger partial charge >= 0.3 is 0 Å². The lowest BCUT2D eigenvalue weighted by atomic mass is 10.2. The van der Waals surface area contributed by atoms with E-state index in [1.165, 1.54) is 27.9 Å². The lowest BCUT2D eigenvalue weighted by Gasteiger charge is -2.11. The van der Waals surface area contributed by atoms with Crippen LogP contribution in [0.25, 0.3) is 4.96 Å². The van der Waals surface area contributed by atoms with E-state index in [0.717, 1.165) is 0 Å². The number of imidazole rings is 1. The van der Waals surface area contributed by atoms with E-state index in [9.17, 15) is 12.8 Å². The Morgan fingerprint density at radius 1 is 1.43 bits per heavy atom. The Hall–Kier alpha value is -2.13. The number of nitrogen functional groups attached to an aromatic ring is 1. The van der Waals surface area contributed by atoms with Crippen molar-refractivity contribution in [3.63, 3.8) is 0 Å². The van der Waals surface area contributed by atoms with E-state index in [1.807, 2.05) is 0 Å². The number of sulfonamides is 1. The van der Waals surface area contributed by atoms with Crippen LogP contribution in [0.2, 0.25) is 0 Å². The SMILES string of the molecule is Cc1cccc(F)c1NS(=O)(=O)c1c(N)nc2sccn12. The van der Waals surface area contributed by atoms with Gasteiger partial charge in [0, 0.05) is 11.6 Å². The van der Waals surface area contributed by atoms with E-state index < -0.39 is 15.8 Å². The zero-order valence-electron chi connectivity index (χ0n) is 10.9. The summed E-state index contributed by atoms with van der Waals surface area (Å²) in [7, 11) is -4.05. The topological polar surface area (TPSA) is 89.5 Å². The van der Waals surface area contributed by atoms with Gasteiger partial charge in [0.05, 0.1) is 5.69 Å². The fourth-order valence-electron chi connectivity index (χ4n) is 1.99. The van der Waals surface area contributed by atoms with Gasteiger partial charge in [0.1, 0.15) is 5.82 Å². The van der Waals surface area contributed by atoms with Crippen LogP contribution in [-0.2, 0) is 10.0 Å². The van der Waals surface area contributed by atoms with E-state index >= 15 is 0 Å². The predicted molar refractivity (Wildman–Crippen MR) is 79.4 cm³/mol. The molecule has 0 unspecified atom stereocenters. The summed E-state index contributed by atoms with van der Waals surface area (Å²) in [5, 5.41) is 1.50. The minimum atomic E-state index is -4.05. The van der Waals surface area contributed by atoms with Crippen LogP contribution < -0.4 is 10.5 Å². The van der Waals surface area contributed by atoms with Crippen molar-refractivity contribution in [1.29, 1.82) is 0 Å². The van der Waals surface area contributed by atoms with Crippen LogP contribution in [0.15, 0.2) is 34.8 Å². The Morgan fingerprint density at radius 2 is 2.19 bits per heavy atom. The second-order valence-corrected chi connectivity index (χ2v) is 6.87. The third-order valence-corrected chi connectivity index (χ3v) is 5.10. The predicted octanol–water partition coefficient (Wildman–Crippen LogP) is 2.23. The molecule has 0 radical (unpaired) electrons. The second-order valence-electron chi connectivity index (χ2n) is 4.40. The van der Waals surface area contributed by atoms with Crippen molar-refractivity contribution in [2.45, 2.75) is 11.9 Å². The quantitative estimate of drug-likeness (QED) is 0.772. The summed E-state index contributed by atoms with van der Waals surface area (Å²) in [4.78, 5) is 4.43. The molecular weight excluding hydrogens is 315 g/mol. The molecule has 0 aliphatic heterocycles. The van der Waals surface area contributed by atoms with Gasteiger partial charge in [-0.1, -0.05) is 12.1 Å². The maximum absolute atomic E-state index is 13.8. The number of nitrogens with zero attached hydrogens (tertiary/aromatic N) is 2. The van der Waals surface area contributed by atoms with Gasteiger partial charge in [-0.3, -0.25) is 9.12 Å². The Bertz CT molecular complexity index is 910. The lowest BCUT2D eigenvalue weighted by Crippen LogP contribution is -2.18. The van der Waals surface area contributed by atoms with E-state index in [1.54, 1.807) is 24.6 Å². The highest BCUT2D eigenvalue weighted by Crippen LogP contribution is 2.27. The normalized spacial score (nSPS) is 11.9. The first-order chi connectivity index (χ1) is 9.90. The summed E-state index contributed by atoms with van der Waals surface area (Å²) < 4.78 is 42.4. The molecule has 0 aliphatic carbocycles. The standard InChI is InChI=1S/C12H11FN4O2S2/c1-7-3-2-4-8(13)9(7)16-21(18,19)11-10(14)15-12-17(11)5-6-20-12/h2-6,16H,14H2,1H3. The van der Waals surface area contributed by atoms with Crippen LogP contribution in [-0.4, -0.2) is 17.8 Å². The van der Waals surface area contributed by atoms with Gasteiger partial charge in [0.2, 0.25) is 5.03 Å². The van der Waals surface area contributed by atoms with Gasteiger partial charge in [-0.15, -0.1) is 11.3 Å². The Balaban J connectivity index is 2.13. The highest BCUT2D eigenvalue weighted by molar-refractivity contribution is 7.92.